The van der Waals surface area contributed by atoms with Gasteiger partial charge in [-0.2, -0.15) is 20.7 Å². The van der Waals surface area contributed by atoms with E-state index in [9.17, 15) is 20.1 Å². The Morgan fingerprint density at radius 3 is 2.02 bits per heavy atom. The summed E-state index contributed by atoms with van der Waals surface area (Å²) in [7, 11) is 0. The van der Waals surface area contributed by atoms with Crippen molar-refractivity contribution < 1.29 is 9.59 Å². The van der Waals surface area contributed by atoms with Crippen LogP contribution in [0.2, 0.25) is 0 Å². The minimum Gasteiger partial charge on any atom is -0.343 e. The Kier molecular flexibility index (Phi) is 6.70. The molecule has 2 aliphatic heterocycles. The third kappa shape index (κ3) is 4.59. The number of nitriles is 2. The van der Waals surface area contributed by atoms with Gasteiger partial charge in [0.15, 0.2) is 17.4 Å². The fraction of sp³-hybridized carbons (Fsp3) is 0.350. The van der Waals surface area contributed by atoms with Gasteiger partial charge >= 0.3 is 0 Å². The molecule has 0 radical (unpaired) electrons. The number of ketones is 2. The molecule has 4 aromatic rings. The molecule has 4 aliphatic rings. The smallest absolute Gasteiger partial charge is 0.162 e. The van der Waals surface area contributed by atoms with Gasteiger partial charge in [-0.15, -0.1) is 0 Å². The number of aromatic nitrogens is 4. The largest absolute Gasteiger partial charge is 0.343 e. The highest BCUT2D eigenvalue weighted by atomic mass is 16.1. The predicted octanol–water partition coefficient (Wildman–Crippen LogP) is 6.78. The topological polar surface area (TPSA) is 152 Å². The van der Waals surface area contributed by atoms with Crippen molar-refractivity contribution >= 4 is 23.2 Å². The normalized spacial score (nSPS) is 26.5. The van der Waals surface area contributed by atoms with Crippen molar-refractivity contribution in [3.63, 3.8) is 0 Å². The molecule has 3 atom stereocenters. The Morgan fingerprint density at radius 2 is 1.38 bits per heavy atom. The Labute approximate surface area is 290 Å². The third-order valence-corrected chi connectivity index (χ3v) is 11.4. The molecule has 0 bridgehead atoms. The summed E-state index contributed by atoms with van der Waals surface area (Å²) in [6.45, 7) is 10.9. The number of benzene rings is 2. The van der Waals surface area contributed by atoms with Crippen LogP contribution in [-0.4, -0.2) is 31.5 Å². The highest BCUT2D eigenvalue weighted by molar-refractivity contribution is 6.03. The van der Waals surface area contributed by atoms with Crippen molar-refractivity contribution in [3.05, 3.63) is 117 Å². The second kappa shape index (κ2) is 10.6. The zero-order valence-corrected chi connectivity index (χ0v) is 28.9. The van der Waals surface area contributed by atoms with Crippen LogP contribution < -0.4 is 10.6 Å². The number of fused-ring (bicyclic) bond motifs is 2. The predicted molar refractivity (Wildman–Crippen MR) is 188 cm³/mol. The first-order valence-electron chi connectivity index (χ1n) is 17.0. The lowest BCUT2D eigenvalue weighted by Crippen LogP contribution is -2.43. The molecule has 0 spiro atoms. The van der Waals surface area contributed by atoms with E-state index in [4.69, 9.17) is 5.10 Å². The molecular formula is C40H38N8O2. The molecule has 8 rings (SSSR count). The average Bonchev–Trinajstić information content (AvgIpc) is 3.71. The van der Waals surface area contributed by atoms with Gasteiger partial charge in [0, 0.05) is 59.3 Å². The Bertz CT molecular complexity index is 2310. The van der Waals surface area contributed by atoms with E-state index in [0.29, 0.717) is 54.7 Å². The third-order valence-electron chi connectivity index (χ3n) is 11.4. The molecule has 0 saturated carbocycles. The van der Waals surface area contributed by atoms with Gasteiger partial charge in [-0.1, -0.05) is 45.0 Å². The molecule has 2 aromatic carbocycles. The van der Waals surface area contributed by atoms with Gasteiger partial charge in [-0.25, -0.2) is 0 Å². The van der Waals surface area contributed by atoms with Crippen LogP contribution in [0.15, 0.2) is 83.5 Å². The molecule has 0 fully saturated rings. The number of allylic oxidation sites excluding steroid dienone is 4. The van der Waals surface area contributed by atoms with Gasteiger partial charge in [0.05, 0.1) is 40.3 Å². The molecule has 2 aromatic heterocycles. The summed E-state index contributed by atoms with van der Waals surface area (Å²) >= 11 is 0. The summed E-state index contributed by atoms with van der Waals surface area (Å²) in [5, 5.41) is 39.0. The van der Waals surface area contributed by atoms with Crippen molar-refractivity contribution in [1.29, 1.82) is 10.5 Å². The molecule has 10 nitrogen and oxygen atoms in total. The quantitative estimate of drug-likeness (QED) is 0.216. The van der Waals surface area contributed by atoms with Gasteiger partial charge in [0.2, 0.25) is 0 Å². The number of aromatic amines is 1. The standard InChI is InChI=1S/C40H38N8O2/c1-37(2)14-29-33(31(49)16-37)40(5,26-11-7-9-24(13-26)19-42)28-21-48(47-36(28)45-29)22-38(3)15-30-34(32(50)17-38)39(4,27-20-43-46-35(27)44-30)25-10-6-8-23(12-25)18-41/h6-13,20-21H,14-17,22H2,1-5H3,(H,45,47)(H2,43,44,46)/t38?,39?,40-/m0/s1. The summed E-state index contributed by atoms with van der Waals surface area (Å²) in [4.78, 5) is 28.4. The first-order valence-corrected chi connectivity index (χ1v) is 17.0. The highest BCUT2D eigenvalue weighted by Gasteiger charge is 2.51. The number of hydrogen-bond donors (Lipinski definition) is 3. The second-order valence-electron chi connectivity index (χ2n) is 15.9. The number of anilines is 2. The van der Waals surface area contributed by atoms with E-state index in [1.807, 2.05) is 54.2 Å². The first kappa shape index (κ1) is 31.5. The first-order chi connectivity index (χ1) is 23.8. The van der Waals surface area contributed by atoms with Gasteiger partial charge in [-0.3, -0.25) is 19.4 Å². The summed E-state index contributed by atoms with van der Waals surface area (Å²) in [5.41, 5.74) is 5.36. The van der Waals surface area contributed by atoms with E-state index in [2.05, 4.69) is 60.7 Å². The number of H-pyrrole nitrogens is 1. The minimum atomic E-state index is -0.824. The number of nitrogens with zero attached hydrogens (tertiary/aromatic N) is 5. The van der Waals surface area contributed by atoms with Crippen LogP contribution >= 0.6 is 0 Å². The van der Waals surface area contributed by atoms with Crippen LogP contribution in [-0.2, 0) is 27.0 Å². The fourth-order valence-corrected chi connectivity index (χ4v) is 9.10. The lowest BCUT2D eigenvalue weighted by Gasteiger charge is -2.44. The molecule has 3 N–H and O–H groups in total. The Hall–Kier alpha value is -5.74. The highest BCUT2D eigenvalue weighted by Crippen LogP contribution is 2.54. The van der Waals surface area contributed by atoms with E-state index >= 15 is 0 Å². The van der Waals surface area contributed by atoms with E-state index in [1.54, 1.807) is 18.3 Å². The molecule has 50 heavy (non-hydrogen) atoms. The van der Waals surface area contributed by atoms with Crippen molar-refractivity contribution in [2.24, 2.45) is 10.8 Å². The van der Waals surface area contributed by atoms with Crippen molar-refractivity contribution in [2.75, 3.05) is 10.6 Å². The molecule has 4 heterocycles. The Morgan fingerprint density at radius 1 is 0.780 bits per heavy atom. The van der Waals surface area contributed by atoms with Crippen LogP contribution in [0.1, 0.15) is 93.7 Å². The maximum Gasteiger partial charge on any atom is 0.162 e. The summed E-state index contributed by atoms with van der Waals surface area (Å²) in [6.07, 6.45) is 5.80. The number of rotatable bonds is 4. The molecular weight excluding hydrogens is 624 g/mol. The van der Waals surface area contributed by atoms with Gasteiger partial charge in [0.25, 0.3) is 0 Å². The van der Waals surface area contributed by atoms with Crippen molar-refractivity contribution in [1.82, 2.24) is 20.0 Å². The van der Waals surface area contributed by atoms with E-state index in [1.165, 1.54) is 0 Å². The molecule has 0 amide bonds. The lowest BCUT2D eigenvalue weighted by atomic mass is 9.61. The number of nitrogens with one attached hydrogen (secondary N) is 3. The van der Waals surface area contributed by atoms with E-state index in [-0.39, 0.29) is 17.0 Å². The molecule has 10 heteroatoms. The minimum absolute atomic E-state index is 0.0381. The van der Waals surface area contributed by atoms with Crippen LogP contribution in [0.4, 0.5) is 11.6 Å². The SMILES string of the molecule is CC1(C)CC(=O)C2=C(C1)Nc1nn(CC3(C)CC(=O)C4=C(C3)Nc3[nH]ncc3C4(C)c3cccc(C#N)c3)cc1[C@]2(C)c1cccc(C#N)c1. The zero-order valence-electron chi connectivity index (χ0n) is 28.9. The molecule has 2 unspecified atom stereocenters. The van der Waals surface area contributed by atoms with Gasteiger partial charge in [0.1, 0.15) is 5.82 Å². The fourth-order valence-electron chi connectivity index (χ4n) is 9.10. The van der Waals surface area contributed by atoms with Crippen LogP contribution in [0.5, 0.6) is 0 Å². The number of carbonyl (C=O) groups is 2. The Balaban J connectivity index is 1.19. The number of Topliss-reactive ketones (excluding diaryl/α,β-unsaturated/α-hetero) is 2. The monoisotopic (exact) mass is 662 g/mol. The van der Waals surface area contributed by atoms with Crippen LogP contribution in [0.3, 0.4) is 0 Å². The van der Waals surface area contributed by atoms with Crippen LogP contribution in [0, 0.1) is 33.5 Å². The number of hydrogen-bond acceptors (Lipinski definition) is 8. The lowest BCUT2D eigenvalue weighted by molar-refractivity contribution is -0.119. The maximum atomic E-state index is 14.4. The molecule has 0 saturated heterocycles. The summed E-state index contributed by atoms with van der Waals surface area (Å²) in [5.74, 6) is 1.56. The number of carbonyl (C=O) groups excluding carboxylic acids is 2. The zero-order chi connectivity index (χ0) is 35.2. The molecule has 250 valence electrons. The average molecular weight is 663 g/mol. The van der Waals surface area contributed by atoms with Crippen molar-refractivity contribution in [2.45, 2.75) is 77.7 Å². The second-order valence-corrected chi connectivity index (χ2v) is 15.9. The summed E-state index contributed by atoms with van der Waals surface area (Å²) in [6, 6.07) is 19.5. The van der Waals surface area contributed by atoms with E-state index < -0.39 is 16.2 Å². The van der Waals surface area contributed by atoms with Crippen LogP contribution in [0.25, 0.3) is 0 Å². The maximum absolute atomic E-state index is 14.4. The summed E-state index contributed by atoms with van der Waals surface area (Å²) < 4.78 is 1.91. The van der Waals surface area contributed by atoms with Gasteiger partial charge in [-0.05, 0) is 72.9 Å². The molecule has 2 aliphatic carbocycles. The van der Waals surface area contributed by atoms with Gasteiger partial charge < -0.3 is 10.6 Å². The van der Waals surface area contributed by atoms with E-state index in [0.717, 1.165) is 45.0 Å². The van der Waals surface area contributed by atoms with Crippen molar-refractivity contribution in [3.8, 4) is 12.1 Å².